The van der Waals surface area contributed by atoms with Gasteiger partial charge < -0.3 is 5.11 Å². The van der Waals surface area contributed by atoms with Gasteiger partial charge in [-0.25, -0.2) is 0 Å². The quantitative estimate of drug-likeness (QED) is 0.848. The smallest absolute Gasteiger partial charge is 0.0821 e. The topological polar surface area (TPSA) is 33.1 Å². The largest absolute Gasteiger partial charge is 0.388 e. The molecule has 0 aliphatic heterocycles. The van der Waals surface area contributed by atoms with E-state index in [0.29, 0.717) is 5.92 Å². The summed E-state index contributed by atoms with van der Waals surface area (Å²) in [5.41, 5.74) is 2.16. The van der Waals surface area contributed by atoms with E-state index in [4.69, 9.17) is 0 Å². The van der Waals surface area contributed by atoms with Gasteiger partial charge in [0.05, 0.1) is 6.10 Å². The predicted octanol–water partition coefficient (Wildman–Crippen LogP) is 3.50. The minimum Gasteiger partial charge on any atom is -0.388 e. The summed E-state index contributed by atoms with van der Waals surface area (Å²) < 4.78 is 0. The second-order valence-electron chi connectivity index (χ2n) is 5.70. The molecule has 2 nitrogen and oxygen atoms in total. The van der Waals surface area contributed by atoms with Gasteiger partial charge in [-0.2, -0.15) is 0 Å². The first-order valence-corrected chi connectivity index (χ1v) is 6.68. The molecule has 17 heavy (non-hydrogen) atoms. The molecule has 1 aromatic heterocycles. The summed E-state index contributed by atoms with van der Waals surface area (Å²) in [5, 5.41) is 10.5. The summed E-state index contributed by atoms with van der Waals surface area (Å²) in [4.78, 5) is 4.09. The molecule has 1 aliphatic rings. The molecule has 0 bridgehead atoms. The highest BCUT2D eigenvalue weighted by Crippen LogP contribution is 2.40. The number of rotatable bonds is 2. The number of aliphatic hydroxyl groups excluding tert-OH is 1. The van der Waals surface area contributed by atoms with Crippen LogP contribution in [-0.2, 0) is 0 Å². The summed E-state index contributed by atoms with van der Waals surface area (Å²) in [6.45, 7) is 6.66. The number of aryl methyl sites for hydroxylation is 1. The van der Waals surface area contributed by atoms with Crippen molar-refractivity contribution >= 4 is 0 Å². The van der Waals surface area contributed by atoms with Crippen LogP contribution in [-0.4, -0.2) is 10.1 Å². The molecule has 1 saturated carbocycles. The molecular weight excluding hydrogens is 210 g/mol. The van der Waals surface area contributed by atoms with Gasteiger partial charge in [0.25, 0.3) is 0 Å². The number of pyridine rings is 1. The number of nitrogens with zero attached hydrogens (tertiary/aromatic N) is 1. The number of aliphatic hydroxyl groups is 1. The number of hydrogen-bond acceptors (Lipinski definition) is 2. The van der Waals surface area contributed by atoms with E-state index >= 15 is 0 Å². The highest BCUT2D eigenvalue weighted by molar-refractivity contribution is 5.24. The Labute approximate surface area is 104 Å². The third-order valence-corrected chi connectivity index (χ3v) is 4.47. The highest BCUT2D eigenvalue weighted by atomic mass is 16.3. The molecule has 94 valence electrons. The molecule has 4 atom stereocenters. The minimum absolute atomic E-state index is 0.312. The Morgan fingerprint density at radius 1 is 1.29 bits per heavy atom. The molecule has 2 heteroatoms. The van der Waals surface area contributed by atoms with Gasteiger partial charge in [-0.15, -0.1) is 0 Å². The Bertz CT molecular complexity index is 377. The van der Waals surface area contributed by atoms with Crippen LogP contribution in [0.3, 0.4) is 0 Å². The molecule has 0 spiro atoms. The third kappa shape index (κ3) is 2.68. The molecule has 2 rings (SSSR count). The molecule has 1 heterocycles. The normalized spacial score (nSPS) is 31.2. The Morgan fingerprint density at radius 2 is 2.06 bits per heavy atom. The maximum absolute atomic E-state index is 10.5. The van der Waals surface area contributed by atoms with Gasteiger partial charge >= 0.3 is 0 Å². The lowest BCUT2D eigenvalue weighted by atomic mass is 9.72. The van der Waals surface area contributed by atoms with E-state index in [9.17, 15) is 5.11 Å². The van der Waals surface area contributed by atoms with Crippen LogP contribution in [0, 0.1) is 24.7 Å². The van der Waals surface area contributed by atoms with Crippen LogP contribution in [0.15, 0.2) is 18.5 Å². The Kier molecular flexibility index (Phi) is 3.82. The average Bonchev–Trinajstić information content (AvgIpc) is 2.32. The maximum atomic E-state index is 10.5. The van der Waals surface area contributed by atoms with Crippen molar-refractivity contribution in [1.29, 1.82) is 0 Å². The number of hydrogen-bond donors (Lipinski definition) is 1. The van der Waals surface area contributed by atoms with E-state index in [2.05, 4.69) is 18.8 Å². The van der Waals surface area contributed by atoms with E-state index in [1.807, 2.05) is 19.2 Å². The van der Waals surface area contributed by atoms with Gasteiger partial charge in [0.2, 0.25) is 0 Å². The van der Waals surface area contributed by atoms with E-state index in [-0.39, 0.29) is 6.10 Å². The van der Waals surface area contributed by atoms with Gasteiger partial charge in [-0.05, 0) is 54.7 Å². The van der Waals surface area contributed by atoms with Crippen LogP contribution in [0.4, 0.5) is 0 Å². The Hall–Kier alpha value is -0.890. The average molecular weight is 233 g/mol. The molecule has 1 aliphatic carbocycles. The highest BCUT2D eigenvalue weighted by Gasteiger charge is 2.30. The SMILES string of the molecule is Cc1cnccc1C(O)C1CCC(C)C(C)C1. The molecule has 0 aromatic carbocycles. The van der Waals surface area contributed by atoms with Crippen molar-refractivity contribution in [2.75, 3.05) is 0 Å². The van der Waals surface area contributed by atoms with Crippen molar-refractivity contribution in [1.82, 2.24) is 4.98 Å². The second kappa shape index (κ2) is 5.18. The van der Waals surface area contributed by atoms with Crippen LogP contribution in [0.5, 0.6) is 0 Å². The first-order valence-electron chi connectivity index (χ1n) is 6.68. The molecule has 1 fully saturated rings. The molecular formula is C15H23NO. The maximum Gasteiger partial charge on any atom is 0.0821 e. The zero-order valence-electron chi connectivity index (χ0n) is 11.1. The summed E-state index contributed by atoms with van der Waals surface area (Å²) in [6.07, 6.45) is 6.84. The minimum atomic E-state index is -0.312. The lowest BCUT2D eigenvalue weighted by molar-refractivity contribution is 0.0556. The van der Waals surface area contributed by atoms with Crippen LogP contribution in [0.25, 0.3) is 0 Å². The summed E-state index contributed by atoms with van der Waals surface area (Å²) >= 11 is 0. The van der Waals surface area contributed by atoms with Crippen molar-refractivity contribution in [3.05, 3.63) is 29.6 Å². The Morgan fingerprint density at radius 3 is 2.71 bits per heavy atom. The first kappa shape index (κ1) is 12.6. The van der Waals surface area contributed by atoms with Crippen LogP contribution in [0.1, 0.15) is 50.3 Å². The molecule has 0 amide bonds. The van der Waals surface area contributed by atoms with E-state index < -0.39 is 0 Å². The Balaban J connectivity index is 2.10. The fraction of sp³-hybridized carbons (Fsp3) is 0.667. The van der Waals surface area contributed by atoms with Crippen molar-refractivity contribution in [3.8, 4) is 0 Å². The molecule has 0 radical (unpaired) electrons. The lowest BCUT2D eigenvalue weighted by Crippen LogP contribution is -2.25. The zero-order chi connectivity index (χ0) is 12.4. The van der Waals surface area contributed by atoms with Gasteiger partial charge in [0.15, 0.2) is 0 Å². The fourth-order valence-corrected chi connectivity index (χ4v) is 2.95. The van der Waals surface area contributed by atoms with E-state index in [1.54, 1.807) is 6.20 Å². The van der Waals surface area contributed by atoms with E-state index in [1.165, 1.54) is 6.42 Å². The van der Waals surface area contributed by atoms with Gasteiger partial charge in [-0.1, -0.05) is 20.3 Å². The fourth-order valence-electron chi connectivity index (χ4n) is 2.95. The van der Waals surface area contributed by atoms with E-state index in [0.717, 1.165) is 35.8 Å². The van der Waals surface area contributed by atoms with Crippen LogP contribution in [0.2, 0.25) is 0 Å². The van der Waals surface area contributed by atoms with Gasteiger partial charge in [-0.3, -0.25) is 4.98 Å². The van der Waals surface area contributed by atoms with Crippen molar-refractivity contribution < 1.29 is 5.11 Å². The van der Waals surface area contributed by atoms with Gasteiger partial charge in [0.1, 0.15) is 0 Å². The zero-order valence-corrected chi connectivity index (χ0v) is 11.1. The first-order chi connectivity index (χ1) is 8.09. The second-order valence-corrected chi connectivity index (χ2v) is 5.70. The monoisotopic (exact) mass is 233 g/mol. The van der Waals surface area contributed by atoms with Crippen molar-refractivity contribution in [3.63, 3.8) is 0 Å². The van der Waals surface area contributed by atoms with Crippen LogP contribution < -0.4 is 0 Å². The van der Waals surface area contributed by atoms with Crippen LogP contribution >= 0.6 is 0 Å². The molecule has 1 aromatic rings. The lowest BCUT2D eigenvalue weighted by Gasteiger charge is -2.35. The predicted molar refractivity (Wildman–Crippen MR) is 69.6 cm³/mol. The molecule has 4 unspecified atom stereocenters. The summed E-state index contributed by atoms with van der Waals surface area (Å²) in [7, 11) is 0. The van der Waals surface area contributed by atoms with Gasteiger partial charge in [0, 0.05) is 12.4 Å². The standard InChI is InChI=1S/C15H23NO/c1-10-4-5-13(8-11(10)2)15(17)14-6-7-16-9-12(14)3/h6-7,9-11,13,15,17H,4-5,8H2,1-3H3. The van der Waals surface area contributed by atoms with Crippen molar-refractivity contribution in [2.24, 2.45) is 17.8 Å². The summed E-state index contributed by atoms with van der Waals surface area (Å²) in [6, 6.07) is 1.96. The third-order valence-electron chi connectivity index (χ3n) is 4.47. The number of aromatic nitrogens is 1. The molecule has 1 N–H and O–H groups in total. The van der Waals surface area contributed by atoms with Crippen molar-refractivity contribution in [2.45, 2.75) is 46.1 Å². The summed E-state index contributed by atoms with van der Waals surface area (Å²) in [5.74, 6) is 1.95. The molecule has 0 saturated heterocycles.